The van der Waals surface area contributed by atoms with Crippen molar-refractivity contribution in [2.24, 2.45) is 0 Å². The highest BCUT2D eigenvalue weighted by Crippen LogP contribution is 2.16. The van der Waals surface area contributed by atoms with Crippen molar-refractivity contribution in [1.29, 1.82) is 0 Å². The van der Waals surface area contributed by atoms with Gasteiger partial charge in [0, 0.05) is 12.0 Å². The Balaban J connectivity index is 2.98. The maximum atomic E-state index is 10.6. The Labute approximate surface area is 81.8 Å². The Bertz CT molecular complexity index is 323. The van der Waals surface area contributed by atoms with E-state index in [1.54, 1.807) is 13.2 Å². The molecule has 0 spiro atoms. The Kier molecular flexibility index (Phi) is 3.33. The van der Waals surface area contributed by atoms with E-state index in [1.807, 2.05) is 0 Å². The van der Waals surface area contributed by atoms with Crippen molar-refractivity contribution in [3.63, 3.8) is 0 Å². The van der Waals surface area contributed by atoms with Gasteiger partial charge < -0.3 is 9.84 Å². The Morgan fingerprint density at radius 2 is 2.31 bits per heavy atom. The summed E-state index contributed by atoms with van der Waals surface area (Å²) in [6.07, 6.45) is 0. The number of rotatable bonds is 3. The van der Waals surface area contributed by atoms with Gasteiger partial charge in [-0.25, -0.2) is 4.79 Å². The molecular formula is C9H10O3S. The first-order valence-electron chi connectivity index (χ1n) is 3.69. The molecule has 0 fully saturated rings. The minimum atomic E-state index is -0.945. The summed E-state index contributed by atoms with van der Waals surface area (Å²) < 4.78 is 4.91. The molecule has 4 heteroatoms. The second kappa shape index (κ2) is 4.30. The summed E-state index contributed by atoms with van der Waals surface area (Å²) in [5.74, 6) is -0.945. The average Bonchev–Trinajstić information content (AvgIpc) is 2.08. The summed E-state index contributed by atoms with van der Waals surface area (Å²) in [4.78, 5) is 11.2. The number of thiol groups is 1. The van der Waals surface area contributed by atoms with Gasteiger partial charge in [-0.1, -0.05) is 6.07 Å². The lowest BCUT2D eigenvalue weighted by molar-refractivity contribution is 0.0696. The van der Waals surface area contributed by atoms with E-state index in [9.17, 15) is 4.79 Å². The van der Waals surface area contributed by atoms with Crippen LogP contribution in [-0.4, -0.2) is 18.2 Å². The molecule has 3 nitrogen and oxygen atoms in total. The first-order valence-corrected chi connectivity index (χ1v) is 4.14. The summed E-state index contributed by atoms with van der Waals surface area (Å²) in [5, 5.41) is 8.66. The van der Waals surface area contributed by atoms with E-state index in [4.69, 9.17) is 9.84 Å². The van der Waals surface area contributed by atoms with Gasteiger partial charge in [-0.05, 0) is 17.7 Å². The van der Waals surface area contributed by atoms with Crippen LogP contribution in [-0.2, 0) is 11.3 Å². The molecule has 0 saturated heterocycles. The van der Waals surface area contributed by atoms with Crippen LogP contribution >= 0.6 is 12.6 Å². The smallest absolute Gasteiger partial charge is 0.335 e. The minimum absolute atomic E-state index is 0.241. The molecule has 0 aliphatic rings. The van der Waals surface area contributed by atoms with Crippen LogP contribution in [0.4, 0.5) is 0 Å². The second-order valence-corrected chi connectivity index (χ2v) is 3.06. The number of hydrogen-bond acceptors (Lipinski definition) is 3. The average molecular weight is 198 g/mol. The lowest BCUT2D eigenvalue weighted by Crippen LogP contribution is -1.98. The largest absolute Gasteiger partial charge is 0.478 e. The predicted molar refractivity (Wildman–Crippen MR) is 51.4 cm³/mol. The molecule has 0 amide bonds. The van der Waals surface area contributed by atoms with Crippen molar-refractivity contribution < 1.29 is 14.6 Å². The topological polar surface area (TPSA) is 46.5 Å². The van der Waals surface area contributed by atoms with Crippen LogP contribution in [0.3, 0.4) is 0 Å². The van der Waals surface area contributed by atoms with E-state index in [1.165, 1.54) is 12.1 Å². The van der Waals surface area contributed by atoms with Crippen LogP contribution < -0.4 is 0 Å². The number of aromatic carboxylic acids is 1. The lowest BCUT2D eigenvalue weighted by atomic mass is 10.1. The molecule has 13 heavy (non-hydrogen) atoms. The zero-order chi connectivity index (χ0) is 9.84. The molecule has 0 unspecified atom stereocenters. The number of carbonyl (C=O) groups is 1. The molecule has 0 radical (unpaired) electrons. The van der Waals surface area contributed by atoms with Crippen molar-refractivity contribution in [1.82, 2.24) is 0 Å². The highest BCUT2D eigenvalue weighted by Gasteiger charge is 2.05. The van der Waals surface area contributed by atoms with Crippen LogP contribution in [0, 0.1) is 0 Å². The van der Waals surface area contributed by atoms with E-state index in [0.717, 1.165) is 5.56 Å². The van der Waals surface area contributed by atoms with Gasteiger partial charge in [0.15, 0.2) is 0 Å². The van der Waals surface area contributed by atoms with Crippen molar-refractivity contribution >= 4 is 18.6 Å². The lowest BCUT2D eigenvalue weighted by Gasteiger charge is -2.04. The van der Waals surface area contributed by atoms with Crippen LogP contribution in [0.5, 0.6) is 0 Å². The first kappa shape index (κ1) is 10.1. The minimum Gasteiger partial charge on any atom is -0.478 e. The monoisotopic (exact) mass is 198 g/mol. The van der Waals surface area contributed by atoms with E-state index in [2.05, 4.69) is 12.6 Å². The molecule has 70 valence electrons. The first-order chi connectivity index (χ1) is 6.15. The molecule has 0 saturated carbocycles. The van der Waals surface area contributed by atoms with Crippen molar-refractivity contribution in [2.45, 2.75) is 11.5 Å². The van der Waals surface area contributed by atoms with Crippen LogP contribution in [0.2, 0.25) is 0 Å². The van der Waals surface area contributed by atoms with Gasteiger partial charge in [0.05, 0.1) is 12.2 Å². The van der Waals surface area contributed by atoms with Gasteiger partial charge >= 0.3 is 5.97 Å². The maximum absolute atomic E-state index is 10.6. The number of benzene rings is 1. The van der Waals surface area contributed by atoms with Gasteiger partial charge in [-0.3, -0.25) is 0 Å². The molecule has 0 heterocycles. The van der Waals surface area contributed by atoms with Crippen molar-refractivity contribution in [3.05, 3.63) is 29.3 Å². The fourth-order valence-corrected chi connectivity index (χ4v) is 1.25. The third-order valence-electron chi connectivity index (χ3n) is 1.63. The van der Waals surface area contributed by atoms with Crippen LogP contribution in [0.1, 0.15) is 15.9 Å². The number of carboxylic acids is 1. The quantitative estimate of drug-likeness (QED) is 0.728. The Morgan fingerprint density at radius 1 is 1.62 bits per heavy atom. The highest BCUT2D eigenvalue weighted by atomic mass is 32.1. The van der Waals surface area contributed by atoms with E-state index in [-0.39, 0.29) is 5.56 Å². The molecule has 0 aliphatic heterocycles. The zero-order valence-electron chi connectivity index (χ0n) is 7.15. The molecule has 1 rings (SSSR count). The summed E-state index contributed by atoms with van der Waals surface area (Å²) >= 11 is 4.15. The van der Waals surface area contributed by atoms with Gasteiger partial charge in [0.25, 0.3) is 0 Å². The molecule has 1 aromatic rings. The zero-order valence-corrected chi connectivity index (χ0v) is 8.04. The highest BCUT2D eigenvalue weighted by molar-refractivity contribution is 7.80. The molecular weight excluding hydrogens is 188 g/mol. The molecule has 0 aliphatic carbocycles. The SMILES string of the molecule is COCc1ccc(C(=O)O)cc1S. The molecule has 0 bridgehead atoms. The van der Waals surface area contributed by atoms with Crippen molar-refractivity contribution in [3.8, 4) is 0 Å². The predicted octanol–water partition coefficient (Wildman–Crippen LogP) is 1.82. The number of carboxylic acid groups (broad SMARTS) is 1. The van der Waals surface area contributed by atoms with E-state index >= 15 is 0 Å². The number of hydrogen-bond donors (Lipinski definition) is 2. The molecule has 1 aromatic carbocycles. The molecule has 0 atom stereocenters. The Hall–Kier alpha value is -1.00. The second-order valence-electron chi connectivity index (χ2n) is 2.58. The summed E-state index contributed by atoms with van der Waals surface area (Å²) in [6.45, 7) is 0.443. The van der Waals surface area contributed by atoms with Crippen LogP contribution in [0.15, 0.2) is 23.1 Å². The third-order valence-corrected chi connectivity index (χ3v) is 2.05. The number of ether oxygens (including phenoxy) is 1. The van der Waals surface area contributed by atoms with Gasteiger partial charge in [0.2, 0.25) is 0 Å². The fourth-order valence-electron chi connectivity index (χ4n) is 0.974. The summed E-state index contributed by atoms with van der Waals surface area (Å²) in [6, 6.07) is 4.76. The molecule has 1 N–H and O–H groups in total. The van der Waals surface area contributed by atoms with Gasteiger partial charge in [-0.15, -0.1) is 12.6 Å². The Morgan fingerprint density at radius 3 is 2.77 bits per heavy atom. The fraction of sp³-hybridized carbons (Fsp3) is 0.222. The van der Waals surface area contributed by atoms with Gasteiger partial charge in [0.1, 0.15) is 0 Å². The van der Waals surface area contributed by atoms with Gasteiger partial charge in [-0.2, -0.15) is 0 Å². The summed E-state index contributed by atoms with van der Waals surface area (Å²) in [5.41, 5.74) is 1.13. The third kappa shape index (κ3) is 2.47. The normalized spacial score (nSPS) is 10.0. The molecule has 0 aromatic heterocycles. The van der Waals surface area contributed by atoms with E-state index in [0.29, 0.717) is 11.5 Å². The van der Waals surface area contributed by atoms with Crippen molar-refractivity contribution in [2.75, 3.05) is 7.11 Å². The maximum Gasteiger partial charge on any atom is 0.335 e. The summed E-state index contributed by atoms with van der Waals surface area (Å²) in [7, 11) is 1.58. The number of methoxy groups -OCH3 is 1. The van der Waals surface area contributed by atoms with Crippen LogP contribution in [0.25, 0.3) is 0 Å². The standard InChI is InChI=1S/C9H10O3S/c1-12-5-7-3-2-6(9(10)11)4-8(7)13/h2-4,13H,5H2,1H3,(H,10,11). The van der Waals surface area contributed by atoms with E-state index < -0.39 is 5.97 Å².